The van der Waals surface area contributed by atoms with Crippen molar-refractivity contribution >= 4 is 11.7 Å². The second-order valence-electron chi connectivity index (χ2n) is 8.99. The van der Waals surface area contributed by atoms with Crippen LogP contribution in [-0.4, -0.2) is 46.9 Å². The highest BCUT2D eigenvalue weighted by Gasteiger charge is 2.45. The molecule has 7 nitrogen and oxygen atoms in total. The Balaban J connectivity index is 1.43. The van der Waals surface area contributed by atoms with Crippen LogP contribution in [0.15, 0.2) is 18.2 Å². The number of benzene rings is 1. The van der Waals surface area contributed by atoms with E-state index in [1.807, 2.05) is 20.0 Å². The van der Waals surface area contributed by atoms with Gasteiger partial charge < -0.3 is 14.8 Å². The maximum atomic E-state index is 12.9. The van der Waals surface area contributed by atoms with Crippen LogP contribution in [-0.2, 0) is 17.3 Å². The van der Waals surface area contributed by atoms with Gasteiger partial charge in [0.05, 0.1) is 12.2 Å². The van der Waals surface area contributed by atoms with Gasteiger partial charge in [-0.25, -0.2) is 0 Å². The molecule has 1 atom stereocenters. The molecule has 1 aliphatic carbocycles. The average Bonchev–Trinajstić information content (AvgIpc) is 3.31. The Morgan fingerprint density at radius 3 is 2.57 bits per heavy atom. The lowest BCUT2D eigenvalue weighted by Crippen LogP contribution is -2.48. The lowest BCUT2D eigenvalue weighted by atomic mass is 9.71. The lowest BCUT2D eigenvalue weighted by Gasteiger charge is -2.46. The summed E-state index contributed by atoms with van der Waals surface area (Å²) in [5, 5.41) is 7.34. The molecule has 1 N–H and O–H groups in total. The highest BCUT2D eigenvalue weighted by Crippen LogP contribution is 2.51. The van der Waals surface area contributed by atoms with Gasteiger partial charge >= 0.3 is 0 Å². The zero-order valence-corrected chi connectivity index (χ0v) is 18.0. The van der Waals surface area contributed by atoms with Crippen LogP contribution in [0.4, 0.5) is 5.82 Å². The molecule has 3 heterocycles. The summed E-state index contributed by atoms with van der Waals surface area (Å²) in [6.45, 7) is 6.57. The first-order valence-corrected chi connectivity index (χ1v) is 10.9. The summed E-state index contributed by atoms with van der Waals surface area (Å²) >= 11 is 0. The van der Waals surface area contributed by atoms with Crippen molar-refractivity contribution in [2.45, 2.75) is 51.0 Å². The molecule has 1 aromatic heterocycles. The maximum Gasteiger partial charge on any atom is 0.239 e. The molecular weight excluding hydrogens is 380 g/mol. The van der Waals surface area contributed by atoms with Gasteiger partial charge in [-0.3, -0.25) is 14.4 Å². The van der Waals surface area contributed by atoms with Gasteiger partial charge in [0.15, 0.2) is 11.5 Å². The molecule has 30 heavy (non-hydrogen) atoms. The number of carbonyl (C=O) groups excluding carboxylic acids is 1. The molecule has 0 bridgehead atoms. The third-order valence-electron chi connectivity index (χ3n) is 6.97. The zero-order valence-electron chi connectivity index (χ0n) is 18.0. The van der Waals surface area contributed by atoms with Crippen molar-refractivity contribution in [2.75, 3.05) is 31.6 Å². The monoisotopic (exact) mass is 410 g/mol. The first kappa shape index (κ1) is 19.4. The number of hydrogen-bond donors (Lipinski definition) is 1. The standard InChI is InChI=1S/C23H30N4O3/c1-15-10-21(26(3)25-15)24-22(28)13-27-14-23(6-4-5-7-23)18-12-20-19(29-8-9-30-20)11-17(18)16(27)2/h10-12,16H,4-9,13-14H2,1-3H3,(H,24,28). The van der Waals surface area contributed by atoms with Gasteiger partial charge in [-0.15, -0.1) is 0 Å². The number of aromatic nitrogens is 2. The summed E-state index contributed by atoms with van der Waals surface area (Å²) < 4.78 is 13.5. The van der Waals surface area contributed by atoms with E-state index in [1.165, 1.54) is 24.0 Å². The molecule has 1 fully saturated rings. The first-order valence-electron chi connectivity index (χ1n) is 10.9. The molecule has 0 saturated heterocycles. The first-order chi connectivity index (χ1) is 14.4. The van der Waals surface area contributed by atoms with E-state index in [0.717, 1.165) is 42.4 Å². The van der Waals surface area contributed by atoms with Crippen molar-refractivity contribution < 1.29 is 14.3 Å². The van der Waals surface area contributed by atoms with E-state index in [9.17, 15) is 4.79 Å². The molecule has 1 spiro atoms. The molecule has 1 saturated carbocycles. The van der Waals surface area contributed by atoms with Crippen molar-refractivity contribution in [3.05, 3.63) is 35.0 Å². The van der Waals surface area contributed by atoms with E-state index in [4.69, 9.17) is 9.47 Å². The highest BCUT2D eigenvalue weighted by atomic mass is 16.6. The lowest BCUT2D eigenvalue weighted by molar-refractivity contribution is -0.118. The number of carbonyl (C=O) groups is 1. The van der Waals surface area contributed by atoms with Crippen molar-refractivity contribution in [1.82, 2.24) is 14.7 Å². The predicted octanol–water partition coefficient (Wildman–Crippen LogP) is 3.33. The van der Waals surface area contributed by atoms with Crippen LogP contribution in [0.3, 0.4) is 0 Å². The van der Waals surface area contributed by atoms with Crippen LogP contribution >= 0.6 is 0 Å². The third kappa shape index (κ3) is 3.25. The van der Waals surface area contributed by atoms with Gasteiger partial charge in [0.2, 0.25) is 5.91 Å². The van der Waals surface area contributed by atoms with Crippen LogP contribution in [0.5, 0.6) is 11.5 Å². The van der Waals surface area contributed by atoms with Crippen LogP contribution in [0.2, 0.25) is 0 Å². The largest absolute Gasteiger partial charge is 0.486 e. The van der Waals surface area contributed by atoms with Crippen molar-refractivity contribution in [3.63, 3.8) is 0 Å². The van der Waals surface area contributed by atoms with E-state index >= 15 is 0 Å². The normalized spacial score (nSPS) is 22.2. The molecule has 0 radical (unpaired) electrons. The number of ether oxygens (including phenoxy) is 2. The van der Waals surface area contributed by atoms with E-state index in [1.54, 1.807) is 4.68 Å². The van der Waals surface area contributed by atoms with Crippen LogP contribution in [0, 0.1) is 6.92 Å². The van der Waals surface area contributed by atoms with Crippen molar-refractivity contribution in [2.24, 2.45) is 7.05 Å². The number of aryl methyl sites for hydroxylation is 2. The van der Waals surface area contributed by atoms with Crippen molar-refractivity contribution in [3.8, 4) is 11.5 Å². The Morgan fingerprint density at radius 2 is 1.90 bits per heavy atom. The van der Waals surface area contributed by atoms with Crippen LogP contribution in [0.1, 0.15) is 55.5 Å². The third-order valence-corrected chi connectivity index (χ3v) is 6.97. The van der Waals surface area contributed by atoms with Gasteiger partial charge in [-0.1, -0.05) is 12.8 Å². The minimum absolute atomic E-state index is 0.000935. The van der Waals surface area contributed by atoms with E-state index in [2.05, 4.69) is 34.4 Å². The number of rotatable bonds is 3. The molecule has 3 aliphatic rings. The summed E-state index contributed by atoms with van der Waals surface area (Å²) in [5.41, 5.74) is 3.67. The van der Waals surface area contributed by atoms with Gasteiger partial charge in [-0.2, -0.15) is 5.10 Å². The summed E-state index contributed by atoms with van der Waals surface area (Å²) in [6, 6.07) is 6.42. The quantitative estimate of drug-likeness (QED) is 0.841. The SMILES string of the molecule is Cc1cc(NC(=O)CN2CC3(CCCC3)c3cc4c(cc3C2C)OCCO4)n(C)n1. The molecule has 2 aromatic rings. The number of amides is 1. The van der Waals surface area contributed by atoms with Gasteiger partial charge in [0, 0.05) is 31.1 Å². The summed E-state index contributed by atoms with van der Waals surface area (Å²) in [5.74, 6) is 2.43. The molecule has 1 amide bonds. The fourth-order valence-corrected chi connectivity index (χ4v) is 5.48. The van der Waals surface area contributed by atoms with Gasteiger partial charge in [-0.05, 0) is 49.9 Å². The Morgan fingerprint density at radius 1 is 1.20 bits per heavy atom. The second-order valence-corrected chi connectivity index (χ2v) is 8.99. The minimum atomic E-state index is -0.000935. The van der Waals surface area contributed by atoms with Crippen molar-refractivity contribution in [1.29, 1.82) is 0 Å². The Hall–Kier alpha value is -2.54. The fraction of sp³-hybridized carbons (Fsp3) is 0.565. The molecule has 2 aliphatic heterocycles. The highest BCUT2D eigenvalue weighted by molar-refractivity contribution is 5.91. The molecule has 5 rings (SSSR count). The van der Waals surface area contributed by atoms with E-state index in [-0.39, 0.29) is 17.4 Å². The molecular formula is C23H30N4O3. The molecule has 1 aromatic carbocycles. The van der Waals surface area contributed by atoms with Gasteiger partial charge in [0.25, 0.3) is 0 Å². The summed E-state index contributed by atoms with van der Waals surface area (Å²) in [4.78, 5) is 15.2. The number of anilines is 1. The molecule has 160 valence electrons. The smallest absolute Gasteiger partial charge is 0.239 e. The number of hydrogen-bond acceptors (Lipinski definition) is 5. The van der Waals surface area contributed by atoms with E-state index in [0.29, 0.717) is 19.8 Å². The number of fused-ring (bicyclic) bond motifs is 3. The predicted molar refractivity (Wildman–Crippen MR) is 114 cm³/mol. The van der Waals surface area contributed by atoms with E-state index < -0.39 is 0 Å². The maximum absolute atomic E-state index is 12.9. The minimum Gasteiger partial charge on any atom is -0.486 e. The Labute approximate surface area is 177 Å². The summed E-state index contributed by atoms with van der Waals surface area (Å²) in [6.07, 6.45) is 4.78. The zero-order chi connectivity index (χ0) is 20.9. The molecule has 7 heteroatoms. The second kappa shape index (κ2) is 7.30. The number of nitrogens with zero attached hydrogens (tertiary/aromatic N) is 3. The van der Waals surface area contributed by atoms with Gasteiger partial charge in [0.1, 0.15) is 19.0 Å². The average molecular weight is 411 g/mol. The summed E-state index contributed by atoms with van der Waals surface area (Å²) in [7, 11) is 1.85. The molecule has 1 unspecified atom stereocenters. The van der Waals surface area contributed by atoms with Crippen LogP contribution in [0.25, 0.3) is 0 Å². The van der Waals surface area contributed by atoms with Crippen LogP contribution < -0.4 is 14.8 Å². The Kier molecular flexibility index (Phi) is 4.73. The fourth-order valence-electron chi connectivity index (χ4n) is 5.48. The topological polar surface area (TPSA) is 68.6 Å². The Bertz CT molecular complexity index is 977. The number of nitrogens with one attached hydrogen (secondary N) is 1.